The Labute approximate surface area is 190 Å². The maximum atomic E-state index is 12.7. The average Bonchev–Trinajstić information content (AvgIpc) is 2.76. The second-order valence-electron chi connectivity index (χ2n) is 7.77. The zero-order chi connectivity index (χ0) is 24.9. The van der Waals surface area contributed by atoms with Crippen molar-refractivity contribution in [3.8, 4) is 34.3 Å². The third-order valence-electron chi connectivity index (χ3n) is 5.46. The predicted octanol–water partition coefficient (Wildman–Crippen LogP) is 0.156. The monoisotopic (exact) mass is 476 g/mol. The highest BCUT2D eigenvalue weighted by molar-refractivity contribution is 5.89. The molecule has 7 N–H and O–H groups in total. The van der Waals surface area contributed by atoms with E-state index in [9.17, 15) is 40.2 Å². The summed E-state index contributed by atoms with van der Waals surface area (Å²) in [6.07, 6.45) is -9.68. The van der Waals surface area contributed by atoms with E-state index in [1.54, 1.807) is 6.92 Å². The zero-order valence-corrected chi connectivity index (χ0v) is 17.4. The first-order valence-corrected chi connectivity index (χ1v) is 9.91. The summed E-state index contributed by atoms with van der Waals surface area (Å²) in [5.41, 5.74) is 0.0923. The van der Waals surface area contributed by atoms with Gasteiger partial charge in [0, 0.05) is 17.7 Å². The van der Waals surface area contributed by atoms with Crippen molar-refractivity contribution in [2.45, 2.75) is 37.6 Å². The van der Waals surface area contributed by atoms with Gasteiger partial charge in [-0.1, -0.05) is 0 Å². The molecule has 4 rings (SSSR count). The zero-order valence-electron chi connectivity index (χ0n) is 17.4. The number of hydrogen-bond donors (Lipinski definition) is 7. The standard InChI is InChI=1S/C22H20O12/c1-7-4-8(23)2-3-9(7)11-5-10(24)14-12(32-11)6-13(15(25)16(14)26)33-22-19(29)17(27)18(28)20(34-22)21(30)31/h2-6,17-20,22-23,25-29H,1H3,(H,30,31)/t17-,18-,19+,20-,22+/m0/s1. The summed E-state index contributed by atoms with van der Waals surface area (Å²) in [6.45, 7) is 1.67. The Morgan fingerprint density at radius 3 is 2.32 bits per heavy atom. The van der Waals surface area contributed by atoms with E-state index in [1.807, 2.05) is 0 Å². The minimum Gasteiger partial charge on any atom is -0.508 e. The van der Waals surface area contributed by atoms with Crippen molar-refractivity contribution in [2.75, 3.05) is 0 Å². The quantitative estimate of drug-likeness (QED) is 0.251. The molecule has 2 aromatic carbocycles. The van der Waals surface area contributed by atoms with Gasteiger partial charge in [-0.25, -0.2) is 4.79 Å². The van der Waals surface area contributed by atoms with E-state index >= 15 is 0 Å². The Balaban J connectivity index is 1.79. The van der Waals surface area contributed by atoms with Crippen LogP contribution in [0.1, 0.15) is 5.56 Å². The molecule has 12 heteroatoms. The molecule has 1 aliphatic rings. The number of aliphatic carboxylic acids is 1. The number of carboxylic acid groups (broad SMARTS) is 1. The average molecular weight is 476 g/mol. The number of aromatic hydroxyl groups is 3. The van der Waals surface area contributed by atoms with Crippen molar-refractivity contribution < 1.29 is 54.4 Å². The van der Waals surface area contributed by atoms with Crippen molar-refractivity contribution in [3.63, 3.8) is 0 Å². The van der Waals surface area contributed by atoms with E-state index in [4.69, 9.17) is 19.0 Å². The number of phenols is 3. The molecule has 12 nitrogen and oxygen atoms in total. The number of hydrogen-bond acceptors (Lipinski definition) is 11. The summed E-state index contributed by atoms with van der Waals surface area (Å²) in [4.78, 5) is 23.9. The van der Waals surface area contributed by atoms with Crippen molar-refractivity contribution in [2.24, 2.45) is 0 Å². The smallest absolute Gasteiger partial charge is 0.335 e. The number of fused-ring (bicyclic) bond motifs is 1. The number of rotatable bonds is 4. The molecular weight excluding hydrogens is 456 g/mol. The maximum absolute atomic E-state index is 12.7. The molecule has 0 saturated carbocycles. The minimum absolute atomic E-state index is 0.000602. The first-order chi connectivity index (χ1) is 16.0. The van der Waals surface area contributed by atoms with Gasteiger partial charge in [0.1, 0.15) is 40.8 Å². The molecule has 0 spiro atoms. The van der Waals surface area contributed by atoms with E-state index in [0.29, 0.717) is 11.1 Å². The molecule has 34 heavy (non-hydrogen) atoms. The highest BCUT2D eigenvalue weighted by Gasteiger charge is 2.48. The molecule has 0 amide bonds. The predicted molar refractivity (Wildman–Crippen MR) is 113 cm³/mol. The second-order valence-corrected chi connectivity index (χ2v) is 7.77. The Bertz CT molecular complexity index is 1330. The second kappa shape index (κ2) is 8.50. The lowest BCUT2D eigenvalue weighted by Gasteiger charge is -2.38. The molecule has 0 radical (unpaired) electrons. The molecule has 2 heterocycles. The first kappa shape index (κ1) is 23.3. The molecule has 0 bridgehead atoms. The largest absolute Gasteiger partial charge is 0.508 e. The summed E-state index contributed by atoms with van der Waals surface area (Å²) < 4.78 is 16.0. The molecule has 1 saturated heterocycles. The van der Waals surface area contributed by atoms with Gasteiger partial charge in [0.2, 0.25) is 12.0 Å². The van der Waals surface area contributed by atoms with Crippen molar-refractivity contribution >= 4 is 16.9 Å². The number of carbonyl (C=O) groups is 1. The minimum atomic E-state index is -1.96. The van der Waals surface area contributed by atoms with Gasteiger partial charge in [-0.3, -0.25) is 4.79 Å². The van der Waals surface area contributed by atoms with E-state index in [1.165, 1.54) is 18.2 Å². The van der Waals surface area contributed by atoms with E-state index in [0.717, 1.165) is 12.1 Å². The van der Waals surface area contributed by atoms with Crippen LogP contribution >= 0.6 is 0 Å². The van der Waals surface area contributed by atoms with Crippen LogP contribution in [0.25, 0.3) is 22.3 Å². The van der Waals surface area contributed by atoms with Gasteiger partial charge in [0.25, 0.3) is 0 Å². The number of ether oxygens (including phenoxy) is 2. The van der Waals surface area contributed by atoms with Crippen molar-refractivity contribution in [3.05, 3.63) is 46.1 Å². The molecule has 180 valence electrons. The van der Waals surface area contributed by atoms with Gasteiger partial charge in [-0.2, -0.15) is 0 Å². The van der Waals surface area contributed by atoms with Crippen LogP contribution in [-0.4, -0.2) is 72.4 Å². The van der Waals surface area contributed by atoms with Gasteiger partial charge in [-0.05, 0) is 30.7 Å². The Hall–Kier alpha value is -3.84. The lowest BCUT2D eigenvalue weighted by Crippen LogP contribution is -2.61. The molecule has 0 unspecified atom stereocenters. The molecule has 1 aliphatic heterocycles. The Kier molecular flexibility index (Phi) is 5.83. The lowest BCUT2D eigenvalue weighted by molar-refractivity contribution is -0.271. The van der Waals surface area contributed by atoms with E-state index in [-0.39, 0.29) is 22.5 Å². The fourth-order valence-electron chi connectivity index (χ4n) is 3.69. The molecule has 1 aromatic heterocycles. The number of benzene rings is 2. The van der Waals surface area contributed by atoms with Crippen LogP contribution in [0.3, 0.4) is 0 Å². The van der Waals surface area contributed by atoms with Gasteiger partial charge in [0.15, 0.2) is 23.0 Å². The Morgan fingerprint density at radius 2 is 1.68 bits per heavy atom. The number of carboxylic acids is 1. The normalized spacial score (nSPS) is 24.8. The Morgan fingerprint density at radius 1 is 0.971 bits per heavy atom. The first-order valence-electron chi connectivity index (χ1n) is 9.91. The highest BCUT2D eigenvalue weighted by Crippen LogP contribution is 2.42. The number of aliphatic hydroxyl groups is 3. The van der Waals surface area contributed by atoms with Gasteiger partial charge in [0.05, 0.1) is 0 Å². The number of phenolic OH excluding ortho intramolecular Hbond substituents is 3. The van der Waals surface area contributed by atoms with Crippen LogP contribution in [0.15, 0.2) is 39.5 Å². The fourth-order valence-corrected chi connectivity index (χ4v) is 3.69. The summed E-state index contributed by atoms with van der Waals surface area (Å²) in [5, 5.41) is 69.0. The lowest BCUT2D eigenvalue weighted by atomic mass is 9.99. The van der Waals surface area contributed by atoms with Gasteiger partial charge in [-0.15, -0.1) is 0 Å². The van der Waals surface area contributed by atoms with Crippen LogP contribution in [0, 0.1) is 6.92 Å². The van der Waals surface area contributed by atoms with Crippen LogP contribution < -0.4 is 10.2 Å². The molecular formula is C22H20O12. The van der Waals surface area contributed by atoms with Gasteiger partial charge < -0.3 is 49.6 Å². The SMILES string of the molecule is Cc1cc(O)ccc1-c1cc(=O)c2c(O)c(O)c(O[C@@H]3O[C@H](C(=O)O)[C@@H](O)[C@H](O)[C@H]3O)cc2o1. The topological polar surface area (TPSA) is 207 Å². The van der Waals surface area contributed by atoms with Crippen LogP contribution in [-0.2, 0) is 9.53 Å². The molecule has 5 atom stereocenters. The third kappa shape index (κ3) is 3.88. The maximum Gasteiger partial charge on any atom is 0.335 e. The van der Waals surface area contributed by atoms with E-state index < -0.39 is 59.4 Å². The fraction of sp³-hybridized carbons (Fsp3) is 0.273. The number of aliphatic hydroxyl groups excluding tert-OH is 3. The summed E-state index contributed by atoms with van der Waals surface area (Å²) in [5.74, 6) is -3.97. The van der Waals surface area contributed by atoms with Gasteiger partial charge >= 0.3 is 5.97 Å². The number of aryl methyl sites for hydroxylation is 1. The third-order valence-corrected chi connectivity index (χ3v) is 5.46. The van der Waals surface area contributed by atoms with Crippen LogP contribution in [0.2, 0.25) is 0 Å². The molecule has 3 aromatic rings. The van der Waals surface area contributed by atoms with Crippen LogP contribution in [0.4, 0.5) is 0 Å². The summed E-state index contributed by atoms with van der Waals surface area (Å²) >= 11 is 0. The van der Waals surface area contributed by atoms with Crippen LogP contribution in [0.5, 0.6) is 23.0 Å². The summed E-state index contributed by atoms with van der Waals surface area (Å²) in [6, 6.07) is 6.44. The van der Waals surface area contributed by atoms with Crippen molar-refractivity contribution in [1.29, 1.82) is 0 Å². The summed E-state index contributed by atoms with van der Waals surface area (Å²) in [7, 11) is 0. The van der Waals surface area contributed by atoms with Crippen molar-refractivity contribution in [1.82, 2.24) is 0 Å². The molecule has 1 fully saturated rings. The highest BCUT2D eigenvalue weighted by atomic mass is 16.7. The molecule has 0 aliphatic carbocycles. The van der Waals surface area contributed by atoms with E-state index in [2.05, 4.69) is 0 Å².